The fraction of sp³-hybridized carbons (Fsp3) is 0.387. The summed E-state index contributed by atoms with van der Waals surface area (Å²) in [5.74, 6) is 0.648. The third-order valence-electron chi connectivity index (χ3n) is 8.45. The number of nitrogens with zero attached hydrogens (tertiary/aromatic N) is 5. The van der Waals surface area contributed by atoms with Crippen LogP contribution in [-0.4, -0.2) is 68.6 Å². The summed E-state index contributed by atoms with van der Waals surface area (Å²) in [6.45, 7) is 1.33. The van der Waals surface area contributed by atoms with E-state index in [9.17, 15) is 14.4 Å². The van der Waals surface area contributed by atoms with Crippen molar-refractivity contribution >= 4 is 22.8 Å². The number of hydrogen-bond donors (Lipinski definition) is 2. The molecule has 218 valence electrons. The fourth-order valence-electron chi connectivity index (χ4n) is 6.22. The van der Waals surface area contributed by atoms with Gasteiger partial charge < -0.3 is 24.8 Å². The van der Waals surface area contributed by atoms with E-state index in [-0.39, 0.29) is 29.3 Å². The summed E-state index contributed by atoms with van der Waals surface area (Å²) >= 11 is 0. The van der Waals surface area contributed by atoms with E-state index in [4.69, 9.17) is 4.74 Å². The number of nitrogens with one attached hydrogen (secondary N) is 2. The van der Waals surface area contributed by atoms with Gasteiger partial charge in [-0.15, -0.1) is 5.10 Å². The van der Waals surface area contributed by atoms with Crippen LogP contribution in [0.25, 0.3) is 11.0 Å². The molecule has 2 fully saturated rings. The fourth-order valence-corrected chi connectivity index (χ4v) is 6.22. The number of ether oxygens (including phenoxy) is 1. The molecule has 4 aromatic rings. The maximum absolute atomic E-state index is 13.9. The summed E-state index contributed by atoms with van der Waals surface area (Å²) in [7, 11) is 3.48. The van der Waals surface area contributed by atoms with Crippen molar-refractivity contribution in [2.45, 2.75) is 43.9 Å². The van der Waals surface area contributed by atoms with Gasteiger partial charge >= 0.3 is 0 Å². The highest BCUT2D eigenvalue weighted by Crippen LogP contribution is 2.30. The Morgan fingerprint density at radius 2 is 1.88 bits per heavy atom. The minimum absolute atomic E-state index is 0.0879. The molecule has 2 aliphatic rings. The number of carbonyl (C=O) groups excluding carboxylic acids is 2. The molecule has 2 aromatic heterocycles. The van der Waals surface area contributed by atoms with Gasteiger partial charge in [-0.05, 0) is 66.6 Å². The maximum atomic E-state index is 13.9. The Labute approximate surface area is 243 Å². The molecule has 0 radical (unpaired) electrons. The van der Waals surface area contributed by atoms with Crippen molar-refractivity contribution in [3.8, 4) is 5.75 Å². The van der Waals surface area contributed by atoms with E-state index >= 15 is 0 Å². The third-order valence-corrected chi connectivity index (χ3v) is 8.45. The number of aryl methyl sites for hydroxylation is 1. The monoisotopic (exact) mass is 569 g/mol. The van der Waals surface area contributed by atoms with Gasteiger partial charge in [0, 0.05) is 38.9 Å². The second-order valence-corrected chi connectivity index (χ2v) is 11.2. The number of rotatable bonds is 8. The Morgan fingerprint density at radius 3 is 2.67 bits per heavy atom. The van der Waals surface area contributed by atoms with Crippen molar-refractivity contribution in [3.05, 3.63) is 88.3 Å². The quantitative estimate of drug-likeness (QED) is 0.332. The van der Waals surface area contributed by atoms with Crippen LogP contribution in [0, 0.1) is 5.92 Å². The molecule has 2 aliphatic heterocycles. The van der Waals surface area contributed by atoms with Gasteiger partial charge in [-0.1, -0.05) is 29.5 Å². The van der Waals surface area contributed by atoms with Gasteiger partial charge in [-0.25, -0.2) is 4.68 Å². The van der Waals surface area contributed by atoms with Crippen LogP contribution in [0.5, 0.6) is 5.75 Å². The summed E-state index contributed by atoms with van der Waals surface area (Å²) in [6.07, 6.45) is 3.58. The highest BCUT2D eigenvalue weighted by atomic mass is 16.5. The van der Waals surface area contributed by atoms with E-state index in [1.54, 1.807) is 33.5 Å². The molecule has 4 atom stereocenters. The molecule has 0 spiro atoms. The molecular formula is C31H35N7O4. The lowest BCUT2D eigenvalue weighted by Gasteiger charge is -2.27. The van der Waals surface area contributed by atoms with Crippen molar-refractivity contribution < 1.29 is 14.3 Å². The molecule has 4 unspecified atom stereocenters. The van der Waals surface area contributed by atoms with Crippen LogP contribution >= 0.6 is 0 Å². The average Bonchev–Trinajstić information content (AvgIpc) is 3.75. The molecule has 0 saturated carbocycles. The summed E-state index contributed by atoms with van der Waals surface area (Å²) in [6, 6.07) is 17.6. The predicted molar refractivity (Wildman–Crippen MR) is 157 cm³/mol. The zero-order valence-electron chi connectivity index (χ0n) is 23.8. The molecule has 0 bridgehead atoms. The number of aromatic nitrogens is 4. The van der Waals surface area contributed by atoms with E-state index in [2.05, 4.69) is 20.9 Å². The standard InChI is InChI=1S/C31H35N7O4/c1-36-27-11-8-21(14-25(27)34-35-36)17-33-30(40)28-15-22(13-20-6-9-24(42-2)10-7-20)19-38(28)31(41)26-16-23(18-32-26)37-12-4-3-5-29(37)39/h3-12,14,22-23,26,28,32H,13,15-19H2,1-2H3,(H,33,40). The van der Waals surface area contributed by atoms with Crippen molar-refractivity contribution in [2.24, 2.45) is 13.0 Å². The first-order valence-corrected chi connectivity index (χ1v) is 14.3. The van der Waals surface area contributed by atoms with Crippen LogP contribution < -0.4 is 20.9 Å². The van der Waals surface area contributed by atoms with E-state index in [0.29, 0.717) is 32.5 Å². The Hall–Kier alpha value is -4.51. The van der Waals surface area contributed by atoms with E-state index < -0.39 is 12.1 Å². The summed E-state index contributed by atoms with van der Waals surface area (Å²) in [4.78, 5) is 41.6. The number of carbonyl (C=O) groups is 2. The first-order valence-electron chi connectivity index (χ1n) is 14.3. The lowest BCUT2D eigenvalue weighted by Crippen LogP contribution is -2.51. The van der Waals surface area contributed by atoms with E-state index in [1.807, 2.05) is 55.6 Å². The van der Waals surface area contributed by atoms with Gasteiger partial charge in [-0.2, -0.15) is 0 Å². The number of hydrogen-bond acceptors (Lipinski definition) is 7. The Kier molecular flexibility index (Phi) is 7.75. The molecule has 6 rings (SSSR count). The normalized spacial score (nSPS) is 22.0. The zero-order chi connectivity index (χ0) is 29.2. The molecule has 11 heteroatoms. The number of fused-ring (bicyclic) bond motifs is 1. The van der Waals surface area contributed by atoms with Gasteiger partial charge in [0.15, 0.2) is 0 Å². The second kappa shape index (κ2) is 11.8. The van der Waals surface area contributed by atoms with Gasteiger partial charge in [0.2, 0.25) is 11.8 Å². The minimum atomic E-state index is -0.582. The smallest absolute Gasteiger partial charge is 0.250 e. The van der Waals surface area contributed by atoms with Gasteiger partial charge in [0.1, 0.15) is 17.3 Å². The molecule has 2 saturated heterocycles. The average molecular weight is 570 g/mol. The summed E-state index contributed by atoms with van der Waals surface area (Å²) in [5, 5.41) is 14.6. The number of methoxy groups -OCH3 is 1. The number of benzene rings is 2. The molecule has 0 aliphatic carbocycles. The molecule has 4 heterocycles. The largest absolute Gasteiger partial charge is 0.497 e. The van der Waals surface area contributed by atoms with Gasteiger partial charge in [-0.3, -0.25) is 14.4 Å². The van der Waals surface area contributed by atoms with Gasteiger partial charge in [0.25, 0.3) is 5.56 Å². The second-order valence-electron chi connectivity index (χ2n) is 11.2. The lowest BCUT2D eigenvalue weighted by atomic mass is 9.96. The Bertz CT molecular complexity index is 1650. The van der Waals surface area contributed by atoms with Crippen molar-refractivity contribution in [2.75, 3.05) is 20.2 Å². The van der Waals surface area contributed by atoms with Crippen molar-refractivity contribution in [1.29, 1.82) is 0 Å². The van der Waals surface area contributed by atoms with E-state index in [1.165, 1.54) is 6.07 Å². The third kappa shape index (κ3) is 5.64. The highest BCUT2D eigenvalue weighted by Gasteiger charge is 2.43. The minimum Gasteiger partial charge on any atom is -0.497 e. The first-order chi connectivity index (χ1) is 20.4. The Morgan fingerprint density at radius 1 is 1.07 bits per heavy atom. The number of pyridine rings is 1. The Balaban J connectivity index is 1.17. The summed E-state index contributed by atoms with van der Waals surface area (Å²) < 4.78 is 8.67. The highest BCUT2D eigenvalue weighted by molar-refractivity contribution is 5.90. The maximum Gasteiger partial charge on any atom is 0.250 e. The van der Waals surface area contributed by atoms with Crippen LogP contribution in [0.2, 0.25) is 0 Å². The topological polar surface area (TPSA) is 123 Å². The summed E-state index contributed by atoms with van der Waals surface area (Å²) in [5.41, 5.74) is 3.64. The van der Waals surface area contributed by atoms with Crippen LogP contribution in [-0.2, 0) is 29.6 Å². The lowest BCUT2D eigenvalue weighted by molar-refractivity contribution is -0.139. The first kappa shape index (κ1) is 27.6. The molecule has 2 aromatic carbocycles. The van der Waals surface area contributed by atoms with Crippen LogP contribution in [0.15, 0.2) is 71.7 Å². The molecular weight excluding hydrogens is 534 g/mol. The predicted octanol–water partition coefficient (Wildman–Crippen LogP) is 1.82. The zero-order valence-corrected chi connectivity index (χ0v) is 23.8. The van der Waals surface area contributed by atoms with E-state index in [0.717, 1.165) is 34.3 Å². The SMILES string of the molecule is COc1ccc(CC2CC(C(=O)NCc3ccc4c(c3)nnn4C)N(C(=O)C3CC(n4ccccc4=O)CN3)C2)cc1. The molecule has 2 amide bonds. The number of amides is 2. The van der Waals surface area contributed by atoms with Gasteiger partial charge in [0.05, 0.1) is 24.7 Å². The molecule has 11 nitrogen and oxygen atoms in total. The van der Waals surface area contributed by atoms with Crippen molar-refractivity contribution in [1.82, 2.24) is 35.1 Å². The number of likely N-dealkylation sites (tertiary alicyclic amines) is 1. The van der Waals surface area contributed by atoms with Crippen molar-refractivity contribution in [3.63, 3.8) is 0 Å². The van der Waals surface area contributed by atoms with Crippen LogP contribution in [0.3, 0.4) is 0 Å². The molecule has 42 heavy (non-hydrogen) atoms. The molecule has 2 N–H and O–H groups in total. The van der Waals surface area contributed by atoms with Crippen LogP contribution in [0.1, 0.15) is 30.0 Å². The van der Waals surface area contributed by atoms with Crippen LogP contribution in [0.4, 0.5) is 0 Å².